The highest BCUT2D eigenvalue weighted by Crippen LogP contribution is 2.31. The monoisotopic (exact) mass is 384 g/mol. The van der Waals surface area contributed by atoms with Crippen molar-refractivity contribution >= 4 is 5.91 Å². The van der Waals surface area contributed by atoms with Gasteiger partial charge in [0, 0.05) is 24.1 Å². The molecule has 0 aliphatic heterocycles. The molecule has 2 aromatic heterocycles. The van der Waals surface area contributed by atoms with Gasteiger partial charge in [-0.25, -0.2) is 0 Å². The minimum Gasteiger partial charge on any atom is -0.508 e. The van der Waals surface area contributed by atoms with Crippen LogP contribution in [0.4, 0.5) is 0 Å². The highest BCUT2D eigenvalue weighted by molar-refractivity contribution is 5.93. The molecule has 9 nitrogen and oxygen atoms in total. The molecule has 1 atom stereocenters. The van der Waals surface area contributed by atoms with E-state index in [1.807, 2.05) is 0 Å². The number of aliphatic hydroxyl groups excluding tert-OH is 1. The van der Waals surface area contributed by atoms with Crippen LogP contribution in [0.25, 0.3) is 11.3 Å². The summed E-state index contributed by atoms with van der Waals surface area (Å²) < 4.78 is 10.6. The van der Waals surface area contributed by atoms with Crippen molar-refractivity contribution in [3.8, 4) is 17.1 Å². The molecule has 1 amide bonds. The maximum absolute atomic E-state index is 12.3. The zero-order chi connectivity index (χ0) is 19.7. The van der Waals surface area contributed by atoms with Crippen molar-refractivity contribution in [1.29, 1.82) is 0 Å². The Bertz CT molecular complexity index is 957. The number of phenolic OH excluding ortho intramolecular Hbond substituents is 1. The van der Waals surface area contributed by atoms with Crippen LogP contribution in [0.3, 0.4) is 0 Å². The van der Waals surface area contributed by atoms with Crippen molar-refractivity contribution in [3.05, 3.63) is 47.8 Å². The lowest BCUT2D eigenvalue weighted by Gasteiger charge is -2.34. The number of hydrogen-bond donors (Lipinski definition) is 3. The van der Waals surface area contributed by atoms with E-state index in [9.17, 15) is 15.0 Å². The first kappa shape index (κ1) is 18.2. The molecule has 1 aliphatic rings. The summed E-state index contributed by atoms with van der Waals surface area (Å²) in [5, 5.41) is 33.2. The Hall–Kier alpha value is -3.20. The summed E-state index contributed by atoms with van der Waals surface area (Å²) in [6.07, 6.45) is 1.46. The van der Waals surface area contributed by atoms with E-state index in [-0.39, 0.29) is 29.3 Å². The van der Waals surface area contributed by atoms with Gasteiger partial charge in [0.25, 0.3) is 5.91 Å². The molecule has 2 heterocycles. The Morgan fingerprint density at radius 1 is 1.29 bits per heavy atom. The number of carbonyl (C=O) groups excluding carboxylic acids is 1. The van der Waals surface area contributed by atoms with E-state index in [0.29, 0.717) is 24.0 Å². The second kappa shape index (κ2) is 7.43. The van der Waals surface area contributed by atoms with Gasteiger partial charge in [0.05, 0.1) is 0 Å². The van der Waals surface area contributed by atoms with Crippen molar-refractivity contribution in [2.75, 3.05) is 0 Å². The predicted molar refractivity (Wildman–Crippen MR) is 96.2 cm³/mol. The van der Waals surface area contributed by atoms with Crippen LogP contribution >= 0.6 is 0 Å². The molecule has 0 bridgehead atoms. The van der Waals surface area contributed by atoms with Crippen LogP contribution < -0.4 is 5.32 Å². The lowest BCUT2D eigenvalue weighted by Crippen LogP contribution is -2.45. The minimum absolute atomic E-state index is 0.0606. The number of phenols is 1. The Morgan fingerprint density at radius 2 is 2.04 bits per heavy atom. The van der Waals surface area contributed by atoms with Crippen molar-refractivity contribution in [2.24, 2.45) is 5.92 Å². The summed E-state index contributed by atoms with van der Waals surface area (Å²) >= 11 is 0. The summed E-state index contributed by atoms with van der Waals surface area (Å²) in [4.78, 5) is 12.3. The first-order chi connectivity index (χ1) is 13.5. The van der Waals surface area contributed by atoms with Crippen LogP contribution in [0, 0.1) is 5.92 Å². The van der Waals surface area contributed by atoms with Crippen LogP contribution in [0.2, 0.25) is 0 Å². The summed E-state index contributed by atoms with van der Waals surface area (Å²) in [6, 6.07) is 8.10. The molecule has 0 radical (unpaired) electrons. The molecule has 0 saturated heterocycles. The fourth-order valence-corrected chi connectivity index (χ4v) is 3.19. The average molecular weight is 384 g/mol. The van der Waals surface area contributed by atoms with Crippen LogP contribution in [0.15, 0.2) is 39.3 Å². The summed E-state index contributed by atoms with van der Waals surface area (Å²) in [6.45, 7) is 1.57. The Balaban J connectivity index is 1.28. The Labute approximate surface area is 160 Å². The normalized spacial score (nSPS) is 19.8. The van der Waals surface area contributed by atoms with Gasteiger partial charge < -0.3 is 24.5 Å². The van der Waals surface area contributed by atoms with E-state index in [0.717, 1.165) is 18.4 Å². The zero-order valence-corrected chi connectivity index (χ0v) is 15.2. The third-order valence-corrected chi connectivity index (χ3v) is 4.77. The van der Waals surface area contributed by atoms with Gasteiger partial charge in [0.1, 0.15) is 11.9 Å². The summed E-state index contributed by atoms with van der Waals surface area (Å²) in [7, 11) is 0. The van der Waals surface area contributed by atoms with Gasteiger partial charge in [-0.2, -0.15) is 0 Å². The van der Waals surface area contributed by atoms with Crippen LogP contribution in [-0.4, -0.2) is 37.5 Å². The van der Waals surface area contributed by atoms with E-state index in [2.05, 4.69) is 20.7 Å². The van der Waals surface area contributed by atoms with E-state index < -0.39 is 6.10 Å². The Kier molecular flexibility index (Phi) is 4.82. The zero-order valence-electron chi connectivity index (χ0n) is 15.2. The van der Waals surface area contributed by atoms with Gasteiger partial charge in [-0.15, -0.1) is 10.2 Å². The number of benzene rings is 1. The lowest BCUT2D eigenvalue weighted by atomic mass is 9.78. The smallest absolute Gasteiger partial charge is 0.273 e. The second-order valence-electron chi connectivity index (χ2n) is 7.05. The highest BCUT2D eigenvalue weighted by Gasteiger charge is 2.32. The fourth-order valence-electron chi connectivity index (χ4n) is 3.19. The molecule has 9 heteroatoms. The van der Waals surface area contributed by atoms with Crippen LogP contribution in [0.5, 0.6) is 5.75 Å². The number of nitrogens with zero attached hydrogens (tertiary/aromatic N) is 3. The highest BCUT2D eigenvalue weighted by atomic mass is 16.5. The molecule has 0 spiro atoms. The van der Waals surface area contributed by atoms with Gasteiger partial charge in [0.2, 0.25) is 11.8 Å². The lowest BCUT2D eigenvalue weighted by molar-refractivity contribution is 0.0877. The topological polar surface area (TPSA) is 135 Å². The van der Waals surface area contributed by atoms with Gasteiger partial charge in [-0.1, -0.05) is 5.16 Å². The molecule has 1 fully saturated rings. The van der Waals surface area contributed by atoms with E-state index >= 15 is 0 Å². The number of rotatable bonds is 6. The largest absolute Gasteiger partial charge is 0.508 e. The summed E-state index contributed by atoms with van der Waals surface area (Å²) in [5.41, 5.74) is 0.939. The number of hydrogen-bond acceptors (Lipinski definition) is 8. The fraction of sp³-hybridized carbons (Fsp3) is 0.368. The molecule has 4 rings (SSSR count). The minimum atomic E-state index is -0.774. The standard InChI is InChI=1S/C19H20N4O5/c1-10(24)19-22-21-17(27-19)8-11-6-13(7-11)20-18(26)15-9-16(28-23-15)12-2-4-14(25)5-3-12/h2-5,9-11,13,24-25H,6-8H2,1H3,(H,20,26)/t10-,11-,13+/m1/s1. The van der Waals surface area contributed by atoms with Crippen molar-refractivity contribution < 1.29 is 23.9 Å². The van der Waals surface area contributed by atoms with Gasteiger partial charge in [-0.3, -0.25) is 4.79 Å². The van der Waals surface area contributed by atoms with E-state index in [1.54, 1.807) is 37.3 Å². The second-order valence-corrected chi connectivity index (χ2v) is 7.05. The Morgan fingerprint density at radius 3 is 2.71 bits per heavy atom. The van der Waals surface area contributed by atoms with Crippen LogP contribution in [0.1, 0.15) is 48.1 Å². The molecule has 1 aromatic carbocycles. The molecule has 3 N–H and O–H groups in total. The van der Waals surface area contributed by atoms with E-state index in [4.69, 9.17) is 8.94 Å². The molecule has 1 saturated carbocycles. The molecule has 28 heavy (non-hydrogen) atoms. The number of aliphatic hydroxyl groups is 1. The number of aromatic nitrogens is 3. The number of aromatic hydroxyl groups is 1. The SMILES string of the molecule is C[C@@H](O)c1nnc(C[C@H]2C[C@@H](NC(=O)c3cc(-c4ccc(O)cc4)on3)C2)o1. The first-order valence-electron chi connectivity index (χ1n) is 9.05. The molecular weight excluding hydrogens is 364 g/mol. The third-order valence-electron chi connectivity index (χ3n) is 4.77. The maximum atomic E-state index is 12.3. The van der Waals surface area contributed by atoms with E-state index in [1.165, 1.54) is 0 Å². The first-order valence-corrected chi connectivity index (χ1v) is 9.05. The molecule has 3 aromatic rings. The van der Waals surface area contributed by atoms with Crippen LogP contribution in [-0.2, 0) is 6.42 Å². The number of nitrogens with one attached hydrogen (secondary N) is 1. The molecule has 0 unspecified atom stereocenters. The van der Waals surface area contributed by atoms with Gasteiger partial charge in [0.15, 0.2) is 11.5 Å². The van der Waals surface area contributed by atoms with Crippen molar-refractivity contribution in [3.63, 3.8) is 0 Å². The number of amides is 1. The average Bonchev–Trinajstić information content (AvgIpc) is 3.30. The predicted octanol–water partition coefficient (Wildman–Crippen LogP) is 2.23. The molecular formula is C19H20N4O5. The van der Waals surface area contributed by atoms with Gasteiger partial charge >= 0.3 is 0 Å². The van der Waals surface area contributed by atoms with Crippen molar-refractivity contribution in [2.45, 2.75) is 38.3 Å². The quantitative estimate of drug-likeness (QED) is 0.589. The van der Waals surface area contributed by atoms with Crippen molar-refractivity contribution in [1.82, 2.24) is 20.7 Å². The maximum Gasteiger partial charge on any atom is 0.273 e. The molecule has 146 valence electrons. The third kappa shape index (κ3) is 3.89. The summed E-state index contributed by atoms with van der Waals surface area (Å²) in [5.74, 6) is 1.39. The van der Waals surface area contributed by atoms with Gasteiger partial charge in [-0.05, 0) is 49.9 Å². The number of carbonyl (C=O) groups is 1. The molecule has 1 aliphatic carbocycles.